The number of aldehydes is 1. The molecule has 0 aliphatic heterocycles. The number of nitrogens with two attached hydrogens (primary N) is 1. The van der Waals surface area contributed by atoms with Crippen molar-refractivity contribution in [3.05, 3.63) is 0 Å². The van der Waals surface area contributed by atoms with E-state index in [2.05, 4.69) is 5.32 Å². The second-order valence-electron chi connectivity index (χ2n) is 3.64. The lowest BCUT2D eigenvalue weighted by molar-refractivity contribution is -0.131. The number of ether oxygens (including phenoxy) is 2. The van der Waals surface area contributed by atoms with E-state index in [1.165, 1.54) is 7.11 Å². The molecule has 0 spiro atoms. The van der Waals surface area contributed by atoms with Crippen molar-refractivity contribution in [2.45, 2.75) is 26.0 Å². The largest absolute Gasteiger partial charge is 0.421 e. The summed E-state index contributed by atoms with van der Waals surface area (Å²) in [6, 6.07) is 0. The van der Waals surface area contributed by atoms with Crippen molar-refractivity contribution in [2.75, 3.05) is 13.8 Å². The van der Waals surface area contributed by atoms with Crippen molar-refractivity contribution in [3.63, 3.8) is 0 Å². The summed E-state index contributed by atoms with van der Waals surface area (Å²) in [5, 5.41) is 2.68. The first kappa shape index (κ1) is 13.9. The normalized spacial score (nSPS) is 14.7. The molecule has 0 unspecified atom stereocenters. The van der Waals surface area contributed by atoms with Gasteiger partial charge in [0.2, 0.25) is 5.72 Å². The minimum atomic E-state index is -1.39. The van der Waals surface area contributed by atoms with Crippen LogP contribution in [0.25, 0.3) is 0 Å². The van der Waals surface area contributed by atoms with Crippen LogP contribution in [0.2, 0.25) is 0 Å². The fraction of sp³-hybridized carbons (Fsp3) is 0.778. The van der Waals surface area contributed by atoms with Crippen LogP contribution in [0.1, 0.15) is 20.3 Å². The standard InChI is InChI=1S/C9H18N2O4/c1-7(2)4-9(5-12,11-6-14-3)15-8(10)13/h5,7,11H,4,6H2,1-3H3,(H2,10,13)/t9-/m0/s1. The highest BCUT2D eigenvalue weighted by atomic mass is 16.6. The van der Waals surface area contributed by atoms with Crippen LogP contribution in [0.5, 0.6) is 0 Å². The molecule has 1 amide bonds. The van der Waals surface area contributed by atoms with Crippen LogP contribution in [0.15, 0.2) is 0 Å². The summed E-state index contributed by atoms with van der Waals surface area (Å²) < 4.78 is 9.54. The van der Waals surface area contributed by atoms with Crippen molar-refractivity contribution in [2.24, 2.45) is 11.7 Å². The first-order chi connectivity index (χ1) is 6.95. The van der Waals surface area contributed by atoms with Gasteiger partial charge in [0.25, 0.3) is 0 Å². The number of rotatable bonds is 7. The van der Waals surface area contributed by atoms with Gasteiger partial charge in [-0.15, -0.1) is 0 Å². The predicted molar refractivity (Wildman–Crippen MR) is 53.9 cm³/mol. The number of carbonyl (C=O) groups excluding carboxylic acids is 2. The molecule has 0 fully saturated rings. The maximum Gasteiger partial charge on any atom is 0.406 e. The summed E-state index contributed by atoms with van der Waals surface area (Å²) in [6.45, 7) is 3.90. The molecule has 1 atom stereocenters. The third-order valence-corrected chi connectivity index (χ3v) is 1.70. The Balaban J connectivity index is 4.58. The summed E-state index contributed by atoms with van der Waals surface area (Å²) >= 11 is 0. The molecular formula is C9H18N2O4. The van der Waals surface area contributed by atoms with Crippen molar-refractivity contribution in [1.82, 2.24) is 5.32 Å². The highest BCUT2D eigenvalue weighted by Gasteiger charge is 2.33. The van der Waals surface area contributed by atoms with Gasteiger partial charge in [0, 0.05) is 13.5 Å². The maximum absolute atomic E-state index is 11.0. The number of hydrogen-bond acceptors (Lipinski definition) is 5. The molecule has 0 bridgehead atoms. The van der Waals surface area contributed by atoms with E-state index in [0.717, 1.165) is 0 Å². The molecule has 0 aliphatic rings. The second kappa shape index (κ2) is 6.36. The second-order valence-corrected chi connectivity index (χ2v) is 3.64. The van der Waals surface area contributed by atoms with Crippen LogP contribution in [0.4, 0.5) is 4.79 Å². The molecule has 0 radical (unpaired) electrons. The van der Waals surface area contributed by atoms with Crippen molar-refractivity contribution < 1.29 is 19.1 Å². The van der Waals surface area contributed by atoms with Gasteiger partial charge in [0.1, 0.15) is 0 Å². The highest BCUT2D eigenvalue weighted by molar-refractivity contribution is 5.71. The number of amides is 1. The Morgan fingerprint density at radius 3 is 2.53 bits per heavy atom. The summed E-state index contributed by atoms with van der Waals surface area (Å²) in [5.74, 6) is 0.166. The minimum absolute atomic E-state index is 0.0960. The summed E-state index contributed by atoms with van der Waals surface area (Å²) in [4.78, 5) is 21.6. The van der Waals surface area contributed by atoms with Gasteiger partial charge in [-0.1, -0.05) is 13.8 Å². The number of methoxy groups -OCH3 is 1. The van der Waals surface area contributed by atoms with E-state index in [1.807, 2.05) is 13.8 Å². The van der Waals surface area contributed by atoms with Gasteiger partial charge < -0.3 is 15.2 Å². The third-order valence-electron chi connectivity index (χ3n) is 1.70. The number of carbonyl (C=O) groups is 2. The lowest BCUT2D eigenvalue weighted by atomic mass is 10.0. The van der Waals surface area contributed by atoms with Crippen molar-refractivity contribution in [3.8, 4) is 0 Å². The topological polar surface area (TPSA) is 90.7 Å². The first-order valence-electron chi connectivity index (χ1n) is 4.64. The summed E-state index contributed by atoms with van der Waals surface area (Å²) in [7, 11) is 1.46. The molecule has 0 rings (SSSR count). The van der Waals surface area contributed by atoms with E-state index in [4.69, 9.17) is 15.2 Å². The van der Waals surface area contributed by atoms with Gasteiger partial charge in [0.05, 0.1) is 6.73 Å². The summed E-state index contributed by atoms with van der Waals surface area (Å²) in [5.41, 5.74) is 3.51. The van der Waals surface area contributed by atoms with E-state index >= 15 is 0 Å². The molecule has 0 heterocycles. The van der Waals surface area contributed by atoms with E-state index in [0.29, 0.717) is 12.7 Å². The van der Waals surface area contributed by atoms with Gasteiger partial charge in [-0.05, 0) is 5.92 Å². The molecule has 3 N–H and O–H groups in total. The van der Waals surface area contributed by atoms with Crippen LogP contribution in [0.3, 0.4) is 0 Å². The predicted octanol–water partition coefficient (Wildman–Crippen LogP) is 0.216. The zero-order chi connectivity index (χ0) is 11.9. The summed E-state index contributed by atoms with van der Waals surface area (Å²) in [6.07, 6.45) is -0.133. The zero-order valence-corrected chi connectivity index (χ0v) is 9.28. The fourth-order valence-corrected chi connectivity index (χ4v) is 1.24. The molecule has 0 saturated heterocycles. The van der Waals surface area contributed by atoms with E-state index in [1.54, 1.807) is 0 Å². The Kier molecular flexibility index (Phi) is 5.88. The average molecular weight is 218 g/mol. The smallest absolute Gasteiger partial charge is 0.406 e. The molecule has 0 aromatic rings. The first-order valence-corrected chi connectivity index (χ1v) is 4.64. The fourth-order valence-electron chi connectivity index (χ4n) is 1.24. The van der Waals surface area contributed by atoms with Crippen LogP contribution < -0.4 is 11.1 Å². The zero-order valence-electron chi connectivity index (χ0n) is 9.28. The molecule has 6 nitrogen and oxygen atoms in total. The molecule has 15 heavy (non-hydrogen) atoms. The van der Waals surface area contributed by atoms with Gasteiger partial charge in [-0.3, -0.25) is 10.1 Å². The van der Waals surface area contributed by atoms with Gasteiger partial charge in [-0.25, -0.2) is 4.79 Å². The molecular weight excluding hydrogens is 200 g/mol. The number of nitrogens with one attached hydrogen (secondary N) is 1. The Morgan fingerprint density at radius 1 is 1.60 bits per heavy atom. The lowest BCUT2D eigenvalue weighted by Gasteiger charge is -2.29. The Hall–Kier alpha value is -1.14. The van der Waals surface area contributed by atoms with Crippen LogP contribution in [-0.2, 0) is 14.3 Å². The maximum atomic E-state index is 11.0. The van der Waals surface area contributed by atoms with E-state index < -0.39 is 11.8 Å². The van der Waals surface area contributed by atoms with Crippen molar-refractivity contribution in [1.29, 1.82) is 0 Å². The van der Waals surface area contributed by atoms with Crippen LogP contribution in [0, 0.1) is 5.92 Å². The molecule has 0 aliphatic carbocycles. The molecule has 6 heteroatoms. The third kappa shape index (κ3) is 5.34. The van der Waals surface area contributed by atoms with E-state index in [9.17, 15) is 9.59 Å². The minimum Gasteiger partial charge on any atom is -0.421 e. The van der Waals surface area contributed by atoms with Crippen LogP contribution >= 0.6 is 0 Å². The lowest BCUT2D eigenvalue weighted by Crippen LogP contribution is -2.53. The molecule has 0 saturated carbocycles. The highest BCUT2D eigenvalue weighted by Crippen LogP contribution is 2.16. The van der Waals surface area contributed by atoms with Crippen molar-refractivity contribution >= 4 is 12.4 Å². The number of hydrogen-bond donors (Lipinski definition) is 2. The SMILES string of the molecule is COCN[C@@](C=O)(CC(C)C)OC(N)=O. The quantitative estimate of drug-likeness (QED) is 0.471. The molecule has 0 aromatic heterocycles. The van der Waals surface area contributed by atoms with E-state index in [-0.39, 0.29) is 12.6 Å². The van der Waals surface area contributed by atoms with Gasteiger partial charge in [-0.2, -0.15) is 0 Å². The molecule has 0 aromatic carbocycles. The number of primary amides is 1. The monoisotopic (exact) mass is 218 g/mol. The Labute approximate surface area is 89.1 Å². The molecule has 88 valence electrons. The Bertz CT molecular complexity index is 220. The Morgan fingerprint density at radius 2 is 2.20 bits per heavy atom. The van der Waals surface area contributed by atoms with Gasteiger partial charge >= 0.3 is 6.09 Å². The van der Waals surface area contributed by atoms with Gasteiger partial charge in [0.15, 0.2) is 6.29 Å². The van der Waals surface area contributed by atoms with Crippen LogP contribution in [-0.4, -0.2) is 31.9 Å². The average Bonchev–Trinajstić information content (AvgIpc) is 2.12.